The van der Waals surface area contributed by atoms with Crippen LogP contribution in [0.2, 0.25) is 5.15 Å². The summed E-state index contributed by atoms with van der Waals surface area (Å²) in [5.74, 6) is -2.28. The topological polar surface area (TPSA) is 111 Å². The lowest BCUT2D eigenvalue weighted by Gasteiger charge is -2.12. The molecule has 2 amide bonds. The molecule has 172 valence electrons. The van der Waals surface area contributed by atoms with Gasteiger partial charge in [0.2, 0.25) is 0 Å². The molecule has 0 saturated carbocycles. The highest BCUT2D eigenvalue weighted by molar-refractivity contribution is 6.45. The van der Waals surface area contributed by atoms with Crippen molar-refractivity contribution in [3.05, 3.63) is 59.0 Å². The number of hydrogen-bond donors (Lipinski definition) is 1. The quantitative estimate of drug-likeness (QED) is 0.234. The largest absolute Gasteiger partial charge is 0.465 e. The lowest BCUT2D eigenvalue weighted by Crippen LogP contribution is -2.33. The summed E-state index contributed by atoms with van der Waals surface area (Å²) in [6.45, 7) is 3.91. The fraction of sp³-hybridized carbons (Fsp3) is 0.261. The minimum atomic E-state index is -0.712. The summed E-state index contributed by atoms with van der Waals surface area (Å²) in [6.07, 6.45) is 2.88. The van der Waals surface area contributed by atoms with Crippen LogP contribution in [0.4, 0.5) is 5.69 Å². The number of benzene rings is 1. The van der Waals surface area contributed by atoms with Crippen LogP contribution in [-0.2, 0) is 20.9 Å². The fourth-order valence-corrected chi connectivity index (χ4v) is 3.39. The van der Waals surface area contributed by atoms with E-state index in [-0.39, 0.29) is 23.9 Å². The number of esters is 1. The van der Waals surface area contributed by atoms with Crippen LogP contribution in [0, 0.1) is 0 Å². The van der Waals surface area contributed by atoms with Crippen molar-refractivity contribution in [3.8, 4) is 0 Å². The Balaban J connectivity index is 2.02. The Morgan fingerprint density at radius 2 is 1.91 bits per heavy atom. The molecule has 0 aliphatic heterocycles. The van der Waals surface area contributed by atoms with Crippen molar-refractivity contribution in [2.45, 2.75) is 20.4 Å². The van der Waals surface area contributed by atoms with Crippen LogP contribution >= 0.6 is 11.6 Å². The van der Waals surface area contributed by atoms with Crippen LogP contribution in [0.15, 0.2) is 42.7 Å². The van der Waals surface area contributed by atoms with Gasteiger partial charge in [-0.1, -0.05) is 11.6 Å². The number of pyridine rings is 1. The number of likely N-dealkylation sites (N-methyl/N-ethyl adjacent to an activating group) is 1. The molecule has 0 bridgehead atoms. The van der Waals surface area contributed by atoms with E-state index in [9.17, 15) is 19.2 Å². The number of ether oxygens (including phenoxy) is 1. The number of nitrogens with one attached hydrogen (secondary N) is 1. The third-order valence-corrected chi connectivity index (χ3v) is 5.20. The summed E-state index contributed by atoms with van der Waals surface area (Å²) in [6, 6.07) is 7.83. The zero-order valence-corrected chi connectivity index (χ0v) is 19.2. The van der Waals surface area contributed by atoms with Gasteiger partial charge in [-0.2, -0.15) is 0 Å². The van der Waals surface area contributed by atoms with E-state index in [1.807, 2.05) is 0 Å². The van der Waals surface area contributed by atoms with Crippen LogP contribution in [0.1, 0.15) is 34.6 Å². The van der Waals surface area contributed by atoms with Crippen molar-refractivity contribution in [2.24, 2.45) is 0 Å². The van der Waals surface area contributed by atoms with E-state index >= 15 is 0 Å². The van der Waals surface area contributed by atoms with E-state index in [1.54, 1.807) is 36.6 Å². The summed E-state index contributed by atoms with van der Waals surface area (Å²) in [4.78, 5) is 55.2. The first-order valence-electron chi connectivity index (χ1n) is 10.3. The maximum Gasteiger partial charge on any atom is 0.325 e. The average molecular weight is 471 g/mol. The van der Waals surface area contributed by atoms with Crippen LogP contribution in [0.25, 0.3) is 10.9 Å². The predicted molar refractivity (Wildman–Crippen MR) is 123 cm³/mol. The van der Waals surface area contributed by atoms with Gasteiger partial charge < -0.3 is 19.5 Å². The molecule has 0 atom stereocenters. The number of aromatic nitrogens is 2. The molecule has 3 rings (SSSR count). The first-order valence-corrected chi connectivity index (χ1v) is 10.6. The molecule has 0 fully saturated rings. The number of carbonyl (C=O) groups excluding carboxylic acids is 4. The van der Waals surface area contributed by atoms with Crippen LogP contribution in [-0.4, -0.2) is 58.2 Å². The van der Waals surface area contributed by atoms with Crippen molar-refractivity contribution >= 4 is 51.8 Å². The first-order chi connectivity index (χ1) is 15.7. The minimum absolute atomic E-state index is 0.127. The molecule has 9 nitrogen and oxygen atoms in total. The van der Waals surface area contributed by atoms with Gasteiger partial charge >= 0.3 is 5.97 Å². The number of rotatable bonds is 8. The minimum Gasteiger partial charge on any atom is -0.465 e. The molecule has 0 aliphatic carbocycles. The maximum atomic E-state index is 12.9. The van der Waals surface area contributed by atoms with Crippen molar-refractivity contribution in [3.63, 3.8) is 0 Å². The molecular formula is C23H23ClN4O5. The molecular weight excluding hydrogens is 448 g/mol. The predicted octanol–water partition coefficient (Wildman–Crippen LogP) is 3.17. The summed E-state index contributed by atoms with van der Waals surface area (Å²) < 4.78 is 6.56. The molecule has 2 aromatic heterocycles. The van der Waals surface area contributed by atoms with Crippen LogP contribution in [0.3, 0.4) is 0 Å². The number of hydrogen-bond acceptors (Lipinski definition) is 6. The molecule has 10 heteroatoms. The Kier molecular flexibility index (Phi) is 7.44. The van der Waals surface area contributed by atoms with Crippen molar-refractivity contribution < 1.29 is 23.9 Å². The zero-order valence-electron chi connectivity index (χ0n) is 18.4. The van der Waals surface area contributed by atoms with Gasteiger partial charge in [0.1, 0.15) is 11.7 Å². The number of anilines is 1. The molecule has 0 radical (unpaired) electrons. The van der Waals surface area contributed by atoms with Crippen molar-refractivity contribution in [2.75, 3.05) is 25.5 Å². The smallest absolute Gasteiger partial charge is 0.325 e. The highest BCUT2D eigenvalue weighted by Gasteiger charge is 2.25. The van der Waals surface area contributed by atoms with E-state index in [4.69, 9.17) is 16.3 Å². The van der Waals surface area contributed by atoms with Crippen LogP contribution in [0.5, 0.6) is 0 Å². The van der Waals surface area contributed by atoms with E-state index < -0.39 is 23.6 Å². The van der Waals surface area contributed by atoms with E-state index in [2.05, 4.69) is 10.3 Å². The third kappa shape index (κ3) is 5.38. The number of halogens is 1. The summed E-state index contributed by atoms with van der Waals surface area (Å²) in [5, 5.41) is 3.35. The number of fused-ring (bicyclic) bond motifs is 1. The summed E-state index contributed by atoms with van der Waals surface area (Å²) in [5.41, 5.74) is 1.39. The standard InChI is InChI=1S/C23H23ClN4O5/c1-4-27(3)23(32)21(30)17-12-28(13-20(29)33-5-2)18-7-6-15(11-16(17)18)26-22(31)14-8-9-25-19(24)10-14/h6-12H,4-5,13H2,1-3H3,(H,26,31). The Morgan fingerprint density at radius 3 is 2.58 bits per heavy atom. The number of nitrogens with zero attached hydrogens (tertiary/aromatic N) is 3. The SMILES string of the molecule is CCOC(=O)Cn1cc(C(=O)C(=O)N(C)CC)c2cc(NC(=O)c3ccnc(Cl)c3)ccc21. The molecule has 1 N–H and O–H groups in total. The molecule has 1 aromatic carbocycles. The Labute approximate surface area is 195 Å². The fourth-order valence-electron chi connectivity index (χ4n) is 3.21. The van der Waals surface area contributed by atoms with Gasteiger partial charge in [-0.25, -0.2) is 4.98 Å². The molecule has 2 heterocycles. The Morgan fingerprint density at radius 1 is 1.15 bits per heavy atom. The lowest BCUT2D eigenvalue weighted by molar-refractivity contribution is -0.143. The third-order valence-electron chi connectivity index (χ3n) is 4.99. The maximum absolute atomic E-state index is 12.9. The lowest BCUT2D eigenvalue weighted by atomic mass is 10.1. The average Bonchev–Trinajstić information content (AvgIpc) is 3.15. The number of Topliss-reactive ketones (excluding diaryl/α,β-unsaturated/α-hetero) is 1. The first kappa shape index (κ1) is 23.9. The van der Waals surface area contributed by atoms with Gasteiger partial charge in [0.15, 0.2) is 0 Å². The molecule has 33 heavy (non-hydrogen) atoms. The second-order valence-electron chi connectivity index (χ2n) is 7.18. The summed E-state index contributed by atoms with van der Waals surface area (Å²) in [7, 11) is 1.53. The molecule has 0 spiro atoms. The molecule has 0 saturated heterocycles. The van der Waals surface area contributed by atoms with Crippen LogP contribution < -0.4 is 5.32 Å². The van der Waals surface area contributed by atoms with E-state index in [0.717, 1.165) is 0 Å². The van der Waals surface area contributed by atoms with Gasteiger partial charge in [0.05, 0.1) is 12.2 Å². The highest BCUT2D eigenvalue weighted by atomic mass is 35.5. The second kappa shape index (κ2) is 10.3. The number of ketones is 1. The normalized spacial score (nSPS) is 10.7. The van der Waals surface area contributed by atoms with Gasteiger partial charge in [0.25, 0.3) is 17.6 Å². The van der Waals surface area contributed by atoms with Crippen molar-refractivity contribution in [1.29, 1.82) is 0 Å². The highest BCUT2D eigenvalue weighted by Crippen LogP contribution is 2.26. The number of amides is 2. The van der Waals surface area contributed by atoms with Crippen molar-refractivity contribution in [1.82, 2.24) is 14.5 Å². The van der Waals surface area contributed by atoms with Gasteiger partial charge in [-0.05, 0) is 44.2 Å². The number of carbonyl (C=O) groups is 4. The molecule has 0 unspecified atom stereocenters. The Bertz CT molecular complexity index is 1240. The monoisotopic (exact) mass is 470 g/mol. The summed E-state index contributed by atoms with van der Waals surface area (Å²) >= 11 is 5.85. The second-order valence-corrected chi connectivity index (χ2v) is 7.56. The Hall–Kier alpha value is -3.72. The van der Waals surface area contributed by atoms with Gasteiger partial charge in [-0.3, -0.25) is 19.2 Å². The molecule has 0 aliphatic rings. The van der Waals surface area contributed by atoms with Gasteiger partial charge in [0, 0.05) is 48.1 Å². The van der Waals surface area contributed by atoms with Gasteiger partial charge in [-0.15, -0.1) is 0 Å². The zero-order chi connectivity index (χ0) is 24.1. The van der Waals surface area contributed by atoms with E-state index in [1.165, 1.54) is 36.5 Å². The molecule has 3 aromatic rings. The van der Waals surface area contributed by atoms with E-state index in [0.29, 0.717) is 28.7 Å².